The van der Waals surface area contributed by atoms with Crippen molar-refractivity contribution >= 4 is 11.8 Å². The third-order valence-electron chi connectivity index (χ3n) is 3.05. The first kappa shape index (κ1) is 13.7. The van der Waals surface area contributed by atoms with Gasteiger partial charge in [-0.3, -0.25) is 14.4 Å². The van der Waals surface area contributed by atoms with E-state index in [0.29, 0.717) is 26.2 Å². The van der Waals surface area contributed by atoms with Gasteiger partial charge in [-0.1, -0.05) is 0 Å². The summed E-state index contributed by atoms with van der Waals surface area (Å²) in [6.07, 6.45) is -0.143. The van der Waals surface area contributed by atoms with Gasteiger partial charge in [0.25, 0.3) is 11.5 Å². The van der Waals surface area contributed by atoms with Gasteiger partial charge in [-0.25, -0.2) is 5.10 Å². The Morgan fingerprint density at radius 1 is 1.25 bits per heavy atom. The predicted molar refractivity (Wildman–Crippen MR) is 67.6 cm³/mol. The Bertz CT molecular complexity index is 590. The second kappa shape index (κ2) is 5.97. The lowest BCUT2D eigenvalue weighted by atomic mass is 10.2. The van der Waals surface area contributed by atoms with E-state index in [1.54, 1.807) is 9.80 Å². The summed E-state index contributed by atoms with van der Waals surface area (Å²) in [5, 5.41) is 14.4. The van der Waals surface area contributed by atoms with Crippen molar-refractivity contribution in [1.82, 2.24) is 20.0 Å². The molecule has 0 atom stereocenters. The molecule has 2 heterocycles. The lowest BCUT2D eigenvalue weighted by Crippen LogP contribution is -2.50. The first-order valence-corrected chi connectivity index (χ1v) is 6.11. The molecule has 2 rings (SSSR count). The first-order valence-electron chi connectivity index (χ1n) is 6.11. The number of nitriles is 1. The maximum absolute atomic E-state index is 12.1. The van der Waals surface area contributed by atoms with Crippen molar-refractivity contribution in [3.05, 3.63) is 28.2 Å². The summed E-state index contributed by atoms with van der Waals surface area (Å²) in [6, 6.07) is 4.43. The van der Waals surface area contributed by atoms with E-state index in [1.165, 1.54) is 12.1 Å². The molecule has 1 saturated heterocycles. The van der Waals surface area contributed by atoms with E-state index in [9.17, 15) is 14.4 Å². The molecule has 0 aromatic carbocycles. The van der Waals surface area contributed by atoms with E-state index in [4.69, 9.17) is 5.26 Å². The fourth-order valence-electron chi connectivity index (χ4n) is 1.96. The highest BCUT2D eigenvalue weighted by Crippen LogP contribution is 2.07. The molecule has 2 amide bonds. The van der Waals surface area contributed by atoms with Crippen LogP contribution in [0, 0.1) is 11.3 Å². The number of nitrogens with one attached hydrogen (secondary N) is 1. The molecule has 0 spiro atoms. The summed E-state index contributed by atoms with van der Waals surface area (Å²) in [7, 11) is 0. The third-order valence-corrected chi connectivity index (χ3v) is 3.05. The summed E-state index contributed by atoms with van der Waals surface area (Å²) >= 11 is 0. The number of rotatable bonds is 2. The lowest BCUT2D eigenvalue weighted by Gasteiger charge is -2.34. The van der Waals surface area contributed by atoms with Crippen molar-refractivity contribution in [2.45, 2.75) is 6.42 Å². The Kier molecular flexibility index (Phi) is 4.10. The topological polar surface area (TPSA) is 110 Å². The molecule has 0 bridgehead atoms. The maximum atomic E-state index is 12.1. The Balaban J connectivity index is 1.95. The fourth-order valence-corrected chi connectivity index (χ4v) is 1.96. The molecule has 1 aromatic rings. The van der Waals surface area contributed by atoms with Crippen LogP contribution >= 0.6 is 0 Å². The Morgan fingerprint density at radius 2 is 1.90 bits per heavy atom. The third kappa shape index (κ3) is 3.00. The number of amides is 2. The van der Waals surface area contributed by atoms with Gasteiger partial charge in [-0.2, -0.15) is 10.4 Å². The van der Waals surface area contributed by atoms with Crippen LogP contribution in [0.1, 0.15) is 16.9 Å². The second-order valence-corrected chi connectivity index (χ2v) is 4.31. The molecule has 1 aliphatic rings. The summed E-state index contributed by atoms with van der Waals surface area (Å²) in [4.78, 5) is 37.6. The van der Waals surface area contributed by atoms with Gasteiger partial charge < -0.3 is 9.80 Å². The molecule has 1 N–H and O–H groups in total. The average molecular weight is 275 g/mol. The molecule has 20 heavy (non-hydrogen) atoms. The first-order chi connectivity index (χ1) is 9.61. The van der Waals surface area contributed by atoms with Crippen LogP contribution in [-0.2, 0) is 4.79 Å². The average Bonchev–Trinajstić information content (AvgIpc) is 2.48. The number of piperazine rings is 1. The molecular formula is C12H13N5O3. The fraction of sp³-hybridized carbons (Fsp3) is 0.417. The molecule has 1 aliphatic heterocycles. The minimum absolute atomic E-state index is 0.143. The van der Waals surface area contributed by atoms with Gasteiger partial charge in [0.05, 0.1) is 6.07 Å². The van der Waals surface area contributed by atoms with Crippen molar-refractivity contribution in [2.24, 2.45) is 0 Å². The van der Waals surface area contributed by atoms with E-state index in [1.807, 2.05) is 6.07 Å². The number of carbonyl (C=O) groups excluding carboxylic acids is 2. The van der Waals surface area contributed by atoms with Gasteiger partial charge in [0.15, 0.2) is 0 Å². The molecule has 1 aromatic heterocycles. The molecule has 8 heteroatoms. The Hall–Kier alpha value is -2.69. The summed E-state index contributed by atoms with van der Waals surface area (Å²) in [6.45, 7) is 1.57. The number of hydrogen-bond donors (Lipinski definition) is 1. The van der Waals surface area contributed by atoms with Crippen LogP contribution in [0.3, 0.4) is 0 Å². The molecule has 1 fully saturated rings. The zero-order chi connectivity index (χ0) is 14.5. The molecule has 0 radical (unpaired) electrons. The van der Waals surface area contributed by atoms with Crippen molar-refractivity contribution < 1.29 is 9.59 Å². The Morgan fingerprint density at radius 3 is 2.45 bits per heavy atom. The number of aromatic nitrogens is 2. The van der Waals surface area contributed by atoms with Crippen LogP contribution in [0.4, 0.5) is 0 Å². The number of carbonyl (C=O) groups is 2. The summed E-state index contributed by atoms with van der Waals surface area (Å²) in [5.41, 5.74) is -0.199. The lowest BCUT2D eigenvalue weighted by molar-refractivity contribution is -0.131. The molecular weight excluding hydrogens is 262 g/mol. The van der Waals surface area contributed by atoms with E-state index in [-0.39, 0.29) is 29.5 Å². The molecule has 104 valence electrons. The molecule has 0 saturated carbocycles. The van der Waals surface area contributed by atoms with Crippen molar-refractivity contribution in [2.75, 3.05) is 26.2 Å². The SMILES string of the molecule is N#CCC(=O)N1CCN(C(=O)c2ccc(=O)[nH]n2)CC1. The maximum Gasteiger partial charge on any atom is 0.274 e. The predicted octanol–water partition coefficient (Wildman–Crippen LogP) is -1.03. The largest absolute Gasteiger partial charge is 0.338 e. The van der Waals surface area contributed by atoms with Crippen LogP contribution in [0.15, 0.2) is 16.9 Å². The monoisotopic (exact) mass is 275 g/mol. The van der Waals surface area contributed by atoms with E-state index < -0.39 is 0 Å². The van der Waals surface area contributed by atoms with Gasteiger partial charge in [0.2, 0.25) is 5.91 Å². The molecule has 0 unspecified atom stereocenters. The zero-order valence-corrected chi connectivity index (χ0v) is 10.7. The van der Waals surface area contributed by atoms with E-state index in [2.05, 4.69) is 10.2 Å². The minimum atomic E-state index is -0.367. The quantitative estimate of drug-likeness (QED) is 0.742. The second-order valence-electron chi connectivity index (χ2n) is 4.31. The van der Waals surface area contributed by atoms with Crippen LogP contribution in [0.2, 0.25) is 0 Å². The van der Waals surface area contributed by atoms with Crippen LogP contribution in [-0.4, -0.2) is 58.0 Å². The van der Waals surface area contributed by atoms with E-state index >= 15 is 0 Å². The van der Waals surface area contributed by atoms with Gasteiger partial charge in [0.1, 0.15) is 12.1 Å². The highest BCUT2D eigenvalue weighted by Gasteiger charge is 2.25. The van der Waals surface area contributed by atoms with Gasteiger partial charge >= 0.3 is 0 Å². The smallest absolute Gasteiger partial charge is 0.274 e. The highest BCUT2D eigenvalue weighted by molar-refractivity contribution is 5.92. The number of aromatic amines is 1. The summed E-state index contributed by atoms with van der Waals surface area (Å²) < 4.78 is 0. The molecule has 8 nitrogen and oxygen atoms in total. The molecule has 0 aliphatic carbocycles. The van der Waals surface area contributed by atoms with Crippen molar-refractivity contribution in [3.63, 3.8) is 0 Å². The van der Waals surface area contributed by atoms with Crippen LogP contribution in [0.25, 0.3) is 0 Å². The minimum Gasteiger partial charge on any atom is -0.338 e. The normalized spacial score (nSPS) is 14.8. The van der Waals surface area contributed by atoms with Crippen molar-refractivity contribution in [1.29, 1.82) is 5.26 Å². The number of H-pyrrole nitrogens is 1. The van der Waals surface area contributed by atoms with Gasteiger partial charge in [-0.05, 0) is 6.07 Å². The highest BCUT2D eigenvalue weighted by atomic mass is 16.2. The van der Waals surface area contributed by atoms with Gasteiger partial charge in [0, 0.05) is 32.2 Å². The van der Waals surface area contributed by atoms with Crippen molar-refractivity contribution in [3.8, 4) is 6.07 Å². The van der Waals surface area contributed by atoms with Gasteiger partial charge in [-0.15, -0.1) is 0 Å². The zero-order valence-electron chi connectivity index (χ0n) is 10.7. The standard InChI is InChI=1S/C12H13N5O3/c13-4-3-11(19)16-5-7-17(8-6-16)12(20)9-1-2-10(18)15-14-9/h1-2H,3,5-8H2,(H,15,18). The number of nitrogens with zero attached hydrogens (tertiary/aromatic N) is 4. The number of hydrogen-bond acceptors (Lipinski definition) is 5. The summed E-state index contributed by atoms with van der Waals surface area (Å²) in [5.74, 6) is -0.504. The van der Waals surface area contributed by atoms with E-state index in [0.717, 1.165) is 0 Å². The van der Waals surface area contributed by atoms with Crippen LogP contribution < -0.4 is 5.56 Å². The van der Waals surface area contributed by atoms with Crippen LogP contribution in [0.5, 0.6) is 0 Å². The Labute approximate surface area is 114 Å².